The molecule has 1 aliphatic rings. The van der Waals surface area contributed by atoms with Crippen LogP contribution in [0.15, 0.2) is 89.5 Å². The number of hydrogen-bond donors (Lipinski definition) is 2. The van der Waals surface area contributed by atoms with E-state index in [1.807, 2.05) is 30.3 Å². The predicted octanol–water partition coefficient (Wildman–Crippen LogP) is 6.01. The first kappa shape index (κ1) is 28.0. The number of anilines is 2. The van der Waals surface area contributed by atoms with Crippen molar-refractivity contribution in [2.45, 2.75) is 51.1 Å². The summed E-state index contributed by atoms with van der Waals surface area (Å²) < 4.78 is 11.6. The number of carbonyl (C=O) groups excluding carboxylic acids is 1. The Morgan fingerprint density at radius 1 is 1.05 bits per heavy atom. The van der Waals surface area contributed by atoms with Gasteiger partial charge in [-0.3, -0.25) is 4.79 Å². The van der Waals surface area contributed by atoms with Gasteiger partial charge in [-0.15, -0.1) is 0 Å². The number of rotatable bonds is 12. The zero-order chi connectivity index (χ0) is 28.6. The van der Waals surface area contributed by atoms with Crippen LogP contribution in [0.1, 0.15) is 53.4 Å². The molecule has 8 heteroatoms. The van der Waals surface area contributed by atoms with Crippen LogP contribution >= 0.6 is 0 Å². The minimum atomic E-state index is -1.00. The highest BCUT2D eigenvalue weighted by molar-refractivity contribution is 6.12. The van der Waals surface area contributed by atoms with E-state index in [1.54, 1.807) is 54.8 Å². The highest BCUT2D eigenvalue weighted by Crippen LogP contribution is 2.25. The number of ketones is 1. The Hall–Kier alpha value is -4.59. The number of benzene rings is 3. The topological polar surface area (TPSA) is 105 Å². The molecule has 1 fully saturated rings. The number of aliphatic carboxylic acids is 1. The summed E-state index contributed by atoms with van der Waals surface area (Å²) in [5, 5.41) is 13.0. The van der Waals surface area contributed by atoms with Crippen molar-refractivity contribution in [1.82, 2.24) is 4.98 Å². The fourth-order valence-corrected chi connectivity index (χ4v) is 5.10. The van der Waals surface area contributed by atoms with Gasteiger partial charge in [0.25, 0.3) is 6.01 Å². The van der Waals surface area contributed by atoms with Gasteiger partial charge in [-0.1, -0.05) is 54.6 Å². The number of carboxylic acids is 1. The van der Waals surface area contributed by atoms with Crippen LogP contribution in [0.2, 0.25) is 0 Å². The number of hydrogen-bond acceptors (Lipinski definition) is 7. The van der Waals surface area contributed by atoms with Gasteiger partial charge in [-0.2, -0.15) is 4.98 Å². The molecule has 0 radical (unpaired) electrons. The van der Waals surface area contributed by atoms with E-state index in [2.05, 4.69) is 22.1 Å². The van der Waals surface area contributed by atoms with E-state index >= 15 is 0 Å². The van der Waals surface area contributed by atoms with E-state index in [4.69, 9.17) is 9.15 Å². The first-order valence-corrected chi connectivity index (χ1v) is 14.1. The maximum Gasteiger partial charge on any atom is 0.326 e. The van der Waals surface area contributed by atoms with Crippen LogP contribution in [-0.2, 0) is 17.6 Å². The molecule has 1 aliphatic heterocycles. The molecule has 41 heavy (non-hydrogen) atoms. The predicted molar refractivity (Wildman–Crippen MR) is 158 cm³/mol. The van der Waals surface area contributed by atoms with E-state index in [9.17, 15) is 14.7 Å². The summed E-state index contributed by atoms with van der Waals surface area (Å²) in [4.78, 5) is 32.1. The first-order chi connectivity index (χ1) is 20.0. The van der Waals surface area contributed by atoms with E-state index in [1.165, 1.54) is 6.42 Å². The van der Waals surface area contributed by atoms with Gasteiger partial charge in [0.05, 0.1) is 12.3 Å². The lowest BCUT2D eigenvalue weighted by atomic mass is 10.00. The number of carboxylic acid groups (broad SMARTS) is 1. The fourth-order valence-electron chi connectivity index (χ4n) is 5.10. The van der Waals surface area contributed by atoms with Crippen molar-refractivity contribution in [3.05, 3.63) is 108 Å². The Kier molecular flexibility index (Phi) is 8.98. The fraction of sp³-hybridized carbons (Fsp3) is 0.303. The molecule has 0 aliphatic carbocycles. The average Bonchev–Trinajstić information content (AvgIpc) is 3.47. The van der Waals surface area contributed by atoms with Gasteiger partial charge >= 0.3 is 5.97 Å². The number of para-hydroxylation sites is 1. The number of nitrogens with one attached hydrogen (secondary N) is 1. The van der Waals surface area contributed by atoms with Gasteiger partial charge in [0.2, 0.25) is 0 Å². The Morgan fingerprint density at radius 3 is 2.56 bits per heavy atom. The Labute approximate surface area is 240 Å². The first-order valence-electron chi connectivity index (χ1n) is 14.1. The minimum absolute atomic E-state index is 0.165. The molecule has 8 nitrogen and oxygen atoms in total. The van der Waals surface area contributed by atoms with Crippen LogP contribution < -0.4 is 15.0 Å². The summed E-state index contributed by atoms with van der Waals surface area (Å²) in [5.41, 5.74) is 3.15. The molecular weight excluding hydrogens is 518 g/mol. The third kappa shape index (κ3) is 7.14. The van der Waals surface area contributed by atoms with Crippen LogP contribution in [-0.4, -0.2) is 47.1 Å². The molecule has 2 N–H and O–H groups in total. The van der Waals surface area contributed by atoms with Gasteiger partial charge in [0.1, 0.15) is 18.1 Å². The molecule has 1 unspecified atom stereocenters. The van der Waals surface area contributed by atoms with E-state index in [-0.39, 0.29) is 12.2 Å². The third-order valence-corrected chi connectivity index (χ3v) is 7.41. The van der Waals surface area contributed by atoms with Gasteiger partial charge in [0, 0.05) is 42.2 Å². The van der Waals surface area contributed by atoms with Crippen LogP contribution in [0.25, 0.3) is 0 Å². The van der Waals surface area contributed by atoms with Crippen molar-refractivity contribution in [1.29, 1.82) is 0 Å². The second-order valence-electron chi connectivity index (χ2n) is 10.4. The summed E-state index contributed by atoms with van der Waals surface area (Å²) in [7, 11) is 0. The lowest BCUT2D eigenvalue weighted by molar-refractivity contribution is -0.137. The Morgan fingerprint density at radius 2 is 1.80 bits per heavy atom. The summed E-state index contributed by atoms with van der Waals surface area (Å²) in [6.45, 7) is 3.63. The normalized spacial score (nSPS) is 15.7. The third-order valence-electron chi connectivity index (χ3n) is 7.41. The molecule has 0 saturated carbocycles. The average molecular weight is 554 g/mol. The summed E-state index contributed by atoms with van der Waals surface area (Å²) in [6.07, 6.45) is 6.12. The molecule has 4 aromatic rings. The summed E-state index contributed by atoms with van der Waals surface area (Å²) in [6, 6.07) is 23.5. The molecule has 1 aromatic heterocycles. The van der Waals surface area contributed by atoms with Gasteiger partial charge < -0.3 is 24.5 Å². The molecule has 2 atom stereocenters. The number of oxazole rings is 1. The van der Waals surface area contributed by atoms with Crippen molar-refractivity contribution < 1.29 is 23.8 Å². The molecule has 0 spiro atoms. The molecular formula is C33H35N3O5. The van der Waals surface area contributed by atoms with Crippen LogP contribution in [0.4, 0.5) is 11.7 Å². The van der Waals surface area contributed by atoms with Crippen LogP contribution in [0, 0.1) is 0 Å². The lowest BCUT2D eigenvalue weighted by Crippen LogP contribution is -2.37. The molecule has 1 saturated heterocycles. The van der Waals surface area contributed by atoms with Crippen LogP contribution in [0.3, 0.4) is 0 Å². The van der Waals surface area contributed by atoms with Crippen molar-refractivity contribution in [3.63, 3.8) is 0 Å². The molecule has 2 heterocycles. The van der Waals surface area contributed by atoms with E-state index < -0.39 is 12.0 Å². The van der Waals surface area contributed by atoms with Gasteiger partial charge in [-0.25, -0.2) is 4.79 Å². The number of carbonyl (C=O) groups is 2. The highest BCUT2D eigenvalue weighted by Gasteiger charge is 2.23. The van der Waals surface area contributed by atoms with E-state index in [0.29, 0.717) is 47.6 Å². The second kappa shape index (κ2) is 13.2. The number of aromatic nitrogens is 1. The second-order valence-corrected chi connectivity index (χ2v) is 10.4. The SMILES string of the molecule is CC1CCCCN1c1nc(CCOc2ccc(C[C@H](Nc3ccccc3C(=O)c3ccccc3)C(=O)O)cc2)co1. The summed E-state index contributed by atoms with van der Waals surface area (Å²) in [5.74, 6) is -0.471. The van der Waals surface area contributed by atoms with E-state index in [0.717, 1.165) is 30.6 Å². The van der Waals surface area contributed by atoms with Gasteiger partial charge in [-0.05, 0) is 56.0 Å². The Bertz CT molecular complexity index is 1450. The van der Waals surface area contributed by atoms with Crippen molar-refractivity contribution in [3.8, 4) is 5.75 Å². The largest absolute Gasteiger partial charge is 0.493 e. The van der Waals surface area contributed by atoms with Crippen molar-refractivity contribution in [2.24, 2.45) is 0 Å². The maximum atomic E-state index is 13.1. The van der Waals surface area contributed by atoms with Crippen molar-refractivity contribution >= 4 is 23.5 Å². The highest BCUT2D eigenvalue weighted by atomic mass is 16.5. The quantitative estimate of drug-likeness (QED) is 0.206. The lowest BCUT2D eigenvalue weighted by Gasteiger charge is -2.31. The standard InChI is InChI=1S/C33H35N3O5/c1-23-9-7-8-19-36(23)33-34-26(22-41-33)18-20-40-27-16-14-24(15-17-27)21-30(32(38)39)35-29-13-6-5-12-28(29)31(37)25-10-3-2-4-11-25/h2-6,10-17,22-23,30,35H,7-9,18-21H2,1H3,(H,38,39)/t23?,30-/m0/s1. The summed E-state index contributed by atoms with van der Waals surface area (Å²) >= 11 is 0. The number of nitrogens with zero attached hydrogens (tertiary/aromatic N) is 2. The number of piperidine rings is 1. The minimum Gasteiger partial charge on any atom is -0.493 e. The van der Waals surface area contributed by atoms with Gasteiger partial charge in [0.15, 0.2) is 5.78 Å². The van der Waals surface area contributed by atoms with Crippen molar-refractivity contribution in [2.75, 3.05) is 23.4 Å². The Balaban J connectivity index is 1.16. The molecule has 0 bridgehead atoms. The zero-order valence-electron chi connectivity index (χ0n) is 23.2. The molecule has 5 rings (SSSR count). The maximum absolute atomic E-state index is 13.1. The smallest absolute Gasteiger partial charge is 0.326 e. The monoisotopic (exact) mass is 553 g/mol. The molecule has 0 amide bonds. The van der Waals surface area contributed by atoms with Crippen LogP contribution in [0.5, 0.6) is 5.75 Å². The molecule has 3 aromatic carbocycles. The molecule has 212 valence electrons. The zero-order valence-corrected chi connectivity index (χ0v) is 23.2. The number of ether oxygens (including phenoxy) is 1.